The smallest absolute Gasteiger partial charge is 0.411 e. The summed E-state index contributed by atoms with van der Waals surface area (Å²) in [6.45, 7) is 2.25. The molecular formula is C21H23NO4. The van der Waals surface area contributed by atoms with Crippen molar-refractivity contribution in [3.05, 3.63) is 71.8 Å². The van der Waals surface area contributed by atoms with Crippen LogP contribution in [-0.4, -0.2) is 35.7 Å². The highest BCUT2D eigenvalue weighted by molar-refractivity contribution is 5.88. The molecule has 0 spiro atoms. The molecule has 1 heterocycles. The van der Waals surface area contributed by atoms with Crippen molar-refractivity contribution in [2.24, 2.45) is 0 Å². The highest BCUT2D eigenvalue weighted by Gasteiger charge is 2.57. The van der Waals surface area contributed by atoms with E-state index in [0.717, 1.165) is 12.0 Å². The Morgan fingerprint density at radius 2 is 1.54 bits per heavy atom. The van der Waals surface area contributed by atoms with Crippen molar-refractivity contribution in [1.82, 2.24) is 4.90 Å². The Balaban J connectivity index is 1.58. The first-order valence-corrected chi connectivity index (χ1v) is 8.90. The minimum absolute atomic E-state index is 0.169. The summed E-state index contributed by atoms with van der Waals surface area (Å²) in [4.78, 5) is 26.0. The molecule has 0 radical (unpaired) electrons. The zero-order chi connectivity index (χ0) is 18.4. The lowest BCUT2D eigenvalue weighted by Gasteiger charge is -2.07. The van der Waals surface area contributed by atoms with Crippen LogP contribution in [0, 0.1) is 0 Å². The van der Waals surface area contributed by atoms with Crippen LogP contribution in [0.5, 0.6) is 0 Å². The van der Waals surface area contributed by atoms with Gasteiger partial charge in [0.25, 0.3) is 0 Å². The van der Waals surface area contributed by atoms with Crippen LogP contribution in [0.2, 0.25) is 0 Å². The highest BCUT2D eigenvalue weighted by atomic mass is 16.6. The maximum Gasteiger partial charge on any atom is 0.411 e. The van der Waals surface area contributed by atoms with Gasteiger partial charge in [-0.05, 0) is 30.9 Å². The van der Waals surface area contributed by atoms with E-state index in [0.29, 0.717) is 13.0 Å². The summed E-state index contributed by atoms with van der Waals surface area (Å²) in [5.41, 5.74) is 2.09. The van der Waals surface area contributed by atoms with Gasteiger partial charge in [-0.1, -0.05) is 60.7 Å². The van der Waals surface area contributed by atoms with Gasteiger partial charge in [-0.2, -0.15) is 0 Å². The SMILES string of the molecule is CCOC(=O)[C@@H]1[C@@H](CCc2ccccc2)N1C(=O)OCc1ccccc1. The largest absolute Gasteiger partial charge is 0.464 e. The van der Waals surface area contributed by atoms with E-state index in [1.165, 1.54) is 10.5 Å². The molecule has 1 amide bonds. The number of rotatable bonds is 7. The first kappa shape index (κ1) is 18.0. The molecule has 2 aromatic rings. The van der Waals surface area contributed by atoms with Gasteiger partial charge in [-0.15, -0.1) is 0 Å². The molecule has 136 valence electrons. The first-order chi connectivity index (χ1) is 12.7. The predicted octanol–water partition coefficient (Wildman–Crippen LogP) is 3.57. The van der Waals surface area contributed by atoms with Crippen molar-refractivity contribution in [3.63, 3.8) is 0 Å². The molecule has 5 heteroatoms. The number of aryl methyl sites for hydroxylation is 1. The zero-order valence-electron chi connectivity index (χ0n) is 14.8. The minimum atomic E-state index is -0.540. The van der Waals surface area contributed by atoms with Gasteiger partial charge in [0.2, 0.25) is 0 Å². The fourth-order valence-corrected chi connectivity index (χ4v) is 3.08. The van der Waals surface area contributed by atoms with E-state index < -0.39 is 12.1 Å². The first-order valence-electron chi connectivity index (χ1n) is 8.90. The molecule has 1 aliphatic rings. The lowest BCUT2D eigenvalue weighted by molar-refractivity contribution is -0.143. The minimum Gasteiger partial charge on any atom is -0.464 e. The Morgan fingerprint density at radius 1 is 0.923 bits per heavy atom. The van der Waals surface area contributed by atoms with Crippen molar-refractivity contribution >= 4 is 12.1 Å². The van der Waals surface area contributed by atoms with Gasteiger partial charge in [0, 0.05) is 0 Å². The lowest BCUT2D eigenvalue weighted by Crippen LogP contribution is -2.21. The van der Waals surface area contributed by atoms with E-state index in [1.54, 1.807) is 6.92 Å². The molecule has 2 atom stereocenters. The molecule has 3 rings (SSSR count). The van der Waals surface area contributed by atoms with Crippen molar-refractivity contribution in [3.8, 4) is 0 Å². The van der Waals surface area contributed by atoms with Gasteiger partial charge in [-0.25, -0.2) is 9.59 Å². The van der Waals surface area contributed by atoms with Crippen LogP contribution in [0.3, 0.4) is 0 Å². The topological polar surface area (TPSA) is 55.6 Å². The van der Waals surface area contributed by atoms with Crippen molar-refractivity contribution in [2.75, 3.05) is 6.61 Å². The van der Waals surface area contributed by atoms with Crippen molar-refractivity contribution in [1.29, 1.82) is 0 Å². The Morgan fingerprint density at radius 3 is 2.15 bits per heavy atom. The monoisotopic (exact) mass is 353 g/mol. The maximum atomic E-state index is 12.4. The molecule has 0 saturated carbocycles. The number of ether oxygens (including phenoxy) is 2. The van der Waals surface area contributed by atoms with Crippen LogP contribution in [0.25, 0.3) is 0 Å². The molecule has 2 aromatic carbocycles. The number of esters is 1. The number of nitrogens with zero attached hydrogens (tertiary/aromatic N) is 1. The van der Waals surface area contributed by atoms with E-state index in [4.69, 9.17) is 9.47 Å². The van der Waals surface area contributed by atoms with Gasteiger partial charge in [0.05, 0.1) is 12.6 Å². The third-order valence-electron chi connectivity index (χ3n) is 4.45. The highest BCUT2D eigenvalue weighted by Crippen LogP contribution is 2.34. The van der Waals surface area contributed by atoms with Gasteiger partial charge in [0.15, 0.2) is 6.04 Å². The van der Waals surface area contributed by atoms with Crippen LogP contribution in [0.4, 0.5) is 4.79 Å². The summed E-state index contributed by atoms with van der Waals surface area (Å²) < 4.78 is 10.5. The quantitative estimate of drug-likeness (QED) is 0.564. The van der Waals surface area contributed by atoms with Gasteiger partial charge in [-0.3, -0.25) is 4.90 Å². The van der Waals surface area contributed by atoms with Crippen LogP contribution in [0.15, 0.2) is 60.7 Å². The molecule has 0 aliphatic carbocycles. The number of amides is 1. The standard InChI is InChI=1S/C21H23NO4/c1-2-25-20(23)19-18(14-13-16-9-5-3-6-10-16)22(19)21(24)26-15-17-11-7-4-8-12-17/h3-12,18-19H,2,13-15H2,1H3/t18-,19+,22?/m1/s1. The summed E-state index contributed by atoms with van der Waals surface area (Å²) in [7, 11) is 0. The van der Waals surface area contributed by atoms with Crippen LogP contribution in [0.1, 0.15) is 24.5 Å². The predicted molar refractivity (Wildman–Crippen MR) is 97.4 cm³/mol. The summed E-state index contributed by atoms with van der Waals surface area (Å²) in [5, 5.41) is 0. The Hall–Kier alpha value is -2.82. The number of hydrogen-bond acceptors (Lipinski definition) is 4. The van der Waals surface area contributed by atoms with Gasteiger partial charge in [0.1, 0.15) is 6.61 Å². The Kier molecular flexibility index (Phi) is 5.89. The third kappa shape index (κ3) is 4.42. The molecule has 0 bridgehead atoms. The van der Waals surface area contributed by atoms with Crippen LogP contribution >= 0.6 is 0 Å². The van der Waals surface area contributed by atoms with Gasteiger partial charge >= 0.3 is 12.1 Å². The maximum absolute atomic E-state index is 12.4. The summed E-state index contributed by atoms with van der Waals surface area (Å²) in [5.74, 6) is -0.359. The second-order valence-corrected chi connectivity index (χ2v) is 6.24. The number of carbonyl (C=O) groups is 2. The molecular weight excluding hydrogens is 330 g/mol. The molecule has 0 unspecified atom stereocenters. The van der Waals surface area contributed by atoms with Crippen LogP contribution in [-0.2, 0) is 27.3 Å². The number of hydrogen-bond donors (Lipinski definition) is 0. The van der Waals surface area contributed by atoms with Crippen molar-refractivity contribution < 1.29 is 19.1 Å². The number of benzene rings is 2. The van der Waals surface area contributed by atoms with E-state index in [2.05, 4.69) is 0 Å². The molecule has 1 fully saturated rings. The second kappa shape index (κ2) is 8.52. The van der Waals surface area contributed by atoms with Gasteiger partial charge < -0.3 is 9.47 Å². The normalized spacial score (nSPS) is 18.3. The molecule has 0 N–H and O–H groups in total. The summed E-state index contributed by atoms with van der Waals surface area (Å²) >= 11 is 0. The van der Waals surface area contributed by atoms with Crippen molar-refractivity contribution in [2.45, 2.75) is 38.5 Å². The Labute approximate surface area is 153 Å². The third-order valence-corrected chi connectivity index (χ3v) is 4.45. The lowest BCUT2D eigenvalue weighted by atomic mass is 10.1. The molecule has 26 heavy (non-hydrogen) atoms. The molecule has 5 nitrogen and oxygen atoms in total. The fourth-order valence-electron chi connectivity index (χ4n) is 3.08. The summed E-state index contributed by atoms with van der Waals surface area (Å²) in [6, 6.07) is 18.8. The average molecular weight is 353 g/mol. The molecule has 1 aliphatic heterocycles. The number of carbonyl (C=O) groups excluding carboxylic acids is 2. The van der Waals surface area contributed by atoms with E-state index >= 15 is 0 Å². The van der Waals surface area contributed by atoms with E-state index in [-0.39, 0.29) is 18.6 Å². The Bertz CT molecular complexity index is 732. The van der Waals surface area contributed by atoms with E-state index in [9.17, 15) is 9.59 Å². The second-order valence-electron chi connectivity index (χ2n) is 6.24. The van der Waals surface area contributed by atoms with Crippen LogP contribution < -0.4 is 0 Å². The molecule has 1 saturated heterocycles. The zero-order valence-corrected chi connectivity index (χ0v) is 14.8. The molecule has 0 aromatic heterocycles. The summed E-state index contributed by atoms with van der Waals surface area (Å²) in [6.07, 6.45) is 1.03. The average Bonchev–Trinajstić information content (AvgIpc) is 3.41. The van der Waals surface area contributed by atoms with E-state index in [1.807, 2.05) is 60.7 Å². The fraction of sp³-hybridized carbons (Fsp3) is 0.333.